The van der Waals surface area contributed by atoms with Crippen molar-refractivity contribution in [2.24, 2.45) is 0 Å². The highest BCUT2D eigenvalue weighted by molar-refractivity contribution is 6.58. The van der Waals surface area contributed by atoms with Gasteiger partial charge < -0.3 is 30.3 Å². The van der Waals surface area contributed by atoms with E-state index in [0.29, 0.717) is 61.8 Å². The molecule has 5 heterocycles. The molecule has 4 fully saturated rings. The Morgan fingerprint density at radius 3 is 2.82 bits per heavy atom. The van der Waals surface area contributed by atoms with Gasteiger partial charge in [-0.2, -0.15) is 9.97 Å². The molecule has 0 radical (unpaired) electrons. The molecule has 4 aliphatic heterocycles. The summed E-state index contributed by atoms with van der Waals surface area (Å²) in [6.45, 7) is 5.31. The number of carbonyl (C=O) groups excluding carboxylic acids is 1. The highest BCUT2D eigenvalue weighted by atomic mass is 35.5. The van der Waals surface area contributed by atoms with Crippen molar-refractivity contribution >= 4 is 34.7 Å². The molecule has 5 N–H and O–H groups in total. The first-order valence-corrected chi connectivity index (χ1v) is 17.7. The van der Waals surface area contributed by atoms with E-state index in [0.717, 1.165) is 55.3 Å². The fraction of sp³-hybridized carbons (Fsp3) is 0.600. The quantitative estimate of drug-likeness (QED) is 0.282. The van der Waals surface area contributed by atoms with Crippen LogP contribution >= 0.6 is 11.6 Å². The van der Waals surface area contributed by atoms with E-state index in [4.69, 9.17) is 42.2 Å². The van der Waals surface area contributed by atoms with Gasteiger partial charge in [-0.3, -0.25) is 15.1 Å². The van der Waals surface area contributed by atoms with Gasteiger partial charge in [0.2, 0.25) is 0 Å². The number of halogens is 3. The first-order valence-electron chi connectivity index (χ1n) is 17.3. The van der Waals surface area contributed by atoms with Crippen LogP contribution in [0.4, 0.5) is 20.3 Å². The van der Waals surface area contributed by atoms with Crippen molar-refractivity contribution in [1.29, 1.82) is 5.41 Å². The molecule has 1 aromatic heterocycles. The monoisotopic (exact) mass is 699 g/mol. The summed E-state index contributed by atoms with van der Waals surface area (Å²) in [6, 6.07) is 1.90. The summed E-state index contributed by atoms with van der Waals surface area (Å²) in [7, 11) is 3.18. The van der Waals surface area contributed by atoms with Gasteiger partial charge in [0.1, 0.15) is 35.0 Å². The van der Waals surface area contributed by atoms with E-state index < -0.39 is 24.0 Å². The molecular weight excluding hydrogens is 654 g/mol. The Balaban J connectivity index is 1.26. The fourth-order valence-electron chi connectivity index (χ4n) is 8.20. The van der Waals surface area contributed by atoms with Gasteiger partial charge in [0, 0.05) is 57.6 Å². The number of nitrogens with two attached hydrogens (primary N) is 2. The van der Waals surface area contributed by atoms with Crippen molar-refractivity contribution in [3.8, 4) is 6.01 Å². The number of quaternary nitrogens is 1. The molecule has 1 aliphatic carbocycles. The smallest absolute Gasteiger partial charge is 0.318 e. The van der Waals surface area contributed by atoms with Crippen molar-refractivity contribution in [3.63, 3.8) is 0 Å². The third-order valence-electron chi connectivity index (χ3n) is 10.8. The Kier molecular flexibility index (Phi) is 9.31. The number of aryl methyl sites for hydroxylation is 1. The minimum absolute atomic E-state index is 0.101. The van der Waals surface area contributed by atoms with Gasteiger partial charge in [0.25, 0.3) is 5.91 Å². The molecule has 1 unspecified atom stereocenters. The van der Waals surface area contributed by atoms with E-state index >= 15 is 4.39 Å². The molecule has 0 spiro atoms. The number of nitrogen functional groups attached to an aromatic ring is 1. The summed E-state index contributed by atoms with van der Waals surface area (Å²) in [5.74, 6) is -0.0101. The number of fused-ring (bicyclic) bond motifs is 2. The van der Waals surface area contributed by atoms with E-state index in [9.17, 15) is 9.18 Å². The zero-order chi connectivity index (χ0) is 34.6. The summed E-state index contributed by atoms with van der Waals surface area (Å²) in [5, 5.41) is 10.5. The zero-order valence-electron chi connectivity index (χ0n) is 28.5. The maximum Gasteiger partial charge on any atom is 0.318 e. The number of alkyl halides is 1. The minimum atomic E-state index is -0.888. The number of hydrogen-bond acceptors (Lipinski definition) is 9. The number of aromatic nitrogens is 2. The van der Waals surface area contributed by atoms with Crippen LogP contribution in [0.3, 0.4) is 0 Å². The number of nitrogens with zero attached hydrogens (tertiary/aromatic N) is 5. The molecule has 7 rings (SSSR count). The molecule has 11 nitrogen and oxygen atoms in total. The molecule has 1 saturated carbocycles. The number of amides is 1. The largest absolute Gasteiger partial charge is 0.461 e. The Labute approximate surface area is 290 Å². The van der Waals surface area contributed by atoms with Crippen molar-refractivity contribution in [3.05, 3.63) is 50.6 Å². The predicted molar refractivity (Wildman–Crippen MR) is 182 cm³/mol. The van der Waals surface area contributed by atoms with Crippen molar-refractivity contribution in [1.82, 2.24) is 19.8 Å². The SMILES string of the molecule is Cc1cc(N)c(F)c(C2Cc3nc(OC[C@@]45CCCN4C[C@H](F)C5)nc(N4CCC[NH2+]/C(=C(/Cl)C(=N)C(=O)N(C)C)C4)c3CO2)c1C1CC1. The number of nitrogens with one attached hydrogen (secondary N) is 1. The third kappa shape index (κ3) is 6.50. The van der Waals surface area contributed by atoms with Crippen LogP contribution in [0.25, 0.3) is 0 Å². The highest BCUT2D eigenvalue weighted by Gasteiger charge is 2.49. The lowest BCUT2D eigenvalue weighted by Crippen LogP contribution is -2.83. The van der Waals surface area contributed by atoms with Crippen LogP contribution in [0.5, 0.6) is 6.01 Å². The molecule has 0 bridgehead atoms. The molecule has 2 aromatic rings. The second-order valence-electron chi connectivity index (χ2n) is 14.5. The van der Waals surface area contributed by atoms with Gasteiger partial charge in [-0.1, -0.05) is 11.6 Å². The van der Waals surface area contributed by atoms with E-state index in [1.54, 1.807) is 20.2 Å². The average molecular weight is 700 g/mol. The van der Waals surface area contributed by atoms with Gasteiger partial charge in [0.05, 0.1) is 42.7 Å². The molecule has 49 heavy (non-hydrogen) atoms. The molecular formula is C35H46ClF2N8O3+. The van der Waals surface area contributed by atoms with Crippen LogP contribution in [0.15, 0.2) is 16.8 Å². The van der Waals surface area contributed by atoms with Gasteiger partial charge in [-0.25, -0.2) is 8.78 Å². The van der Waals surface area contributed by atoms with E-state index in [1.165, 1.54) is 4.90 Å². The fourth-order valence-corrected chi connectivity index (χ4v) is 8.42. The second kappa shape index (κ2) is 13.4. The first-order chi connectivity index (χ1) is 23.5. The van der Waals surface area contributed by atoms with E-state index in [2.05, 4.69) is 9.80 Å². The molecule has 5 aliphatic rings. The third-order valence-corrected chi connectivity index (χ3v) is 11.2. The molecule has 14 heteroatoms. The van der Waals surface area contributed by atoms with E-state index in [1.807, 2.05) is 12.2 Å². The maximum atomic E-state index is 15.9. The summed E-state index contributed by atoms with van der Waals surface area (Å²) >= 11 is 6.69. The Morgan fingerprint density at radius 1 is 1.27 bits per heavy atom. The van der Waals surface area contributed by atoms with Crippen molar-refractivity contribution in [2.75, 3.05) is 64.1 Å². The highest BCUT2D eigenvalue weighted by Crippen LogP contribution is 2.48. The Bertz CT molecular complexity index is 1700. The minimum Gasteiger partial charge on any atom is -0.461 e. The zero-order valence-corrected chi connectivity index (χ0v) is 29.2. The molecule has 1 aromatic carbocycles. The number of ether oxygens (including phenoxy) is 2. The molecule has 3 atom stereocenters. The van der Waals surface area contributed by atoms with Crippen LogP contribution in [-0.4, -0.2) is 96.5 Å². The first kappa shape index (κ1) is 34.1. The maximum absolute atomic E-state index is 15.9. The Hall–Kier alpha value is -3.39. The number of hydrogen-bond donors (Lipinski definition) is 3. The number of anilines is 2. The van der Waals surface area contributed by atoms with Crippen LogP contribution in [-0.2, 0) is 22.6 Å². The average Bonchev–Trinajstić information content (AvgIpc) is 3.82. The number of rotatable bonds is 8. The van der Waals surface area contributed by atoms with Gasteiger partial charge in [-0.15, -0.1) is 0 Å². The van der Waals surface area contributed by atoms with Gasteiger partial charge in [-0.05, 0) is 62.3 Å². The normalized spacial score (nSPS) is 26.6. The van der Waals surface area contributed by atoms with Gasteiger partial charge >= 0.3 is 6.01 Å². The lowest BCUT2D eigenvalue weighted by atomic mass is 9.89. The number of carbonyl (C=O) groups is 1. The lowest BCUT2D eigenvalue weighted by molar-refractivity contribution is -0.605. The summed E-state index contributed by atoms with van der Waals surface area (Å²) < 4.78 is 43.3. The topological polar surface area (TPSA) is 138 Å². The summed E-state index contributed by atoms with van der Waals surface area (Å²) in [4.78, 5) is 28.1. The standard InChI is InChI=1S/C35H45ClF2N8O3/c1-19-12-23(39)30(38)28(27(19)20-6-7-20)26-13-24-22(17-48-26)32(43-34(42-24)49-18-35-8-4-11-46(35)15-21(37)14-35)45-10-5-9-41-25(16-45)29(36)31(40)33(47)44(2)3/h12,20-21,26,40-41H,4-11,13-18,39H2,1-3H3/p+1/b29-25+,40-31?/t21-,26?,35+/m1/s1. The summed E-state index contributed by atoms with van der Waals surface area (Å²) in [5.41, 5.74) is 10.2. The molecule has 3 saturated heterocycles. The number of benzene rings is 1. The van der Waals surface area contributed by atoms with Crippen molar-refractivity contribution in [2.45, 2.75) is 82.2 Å². The van der Waals surface area contributed by atoms with Crippen LogP contribution in [0.2, 0.25) is 0 Å². The van der Waals surface area contributed by atoms with Gasteiger partial charge in [0.15, 0.2) is 5.82 Å². The Morgan fingerprint density at radius 2 is 2.06 bits per heavy atom. The lowest BCUT2D eigenvalue weighted by Gasteiger charge is -2.33. The molecule has 1 amide bonds. The van der Waals surface area contributed by atoms with Crippen LogP contribution in [0, 0.1) is 18.2 Å². The summed E-state index contributed by atoms with van der Waals surface area (Å²) in [6.07, 6.45) is 3.89. The van der Waals surface area contributed by atoms with E-state index in [-0.39, 0.29) is 47.1 Å². The molecule has 264 valence electrons. The van der Waals surface area contributed by atoms with Crippen molar-refractivity contribution < 1.29 is 28.4 Å². The predicted octanol–water partition coefficient (Wildman–Crippen LogP) is 3.48. The van der Waals surface area contributed by atoms with Crippen LogP contribution in [0.1, 0.15) is 78.5 Å². The second-order valence-corrected chi connectivity index (χ2v) is 14.9. The van der Waals surface area contributed by atoms with Crippen LogP contribution < -0.4 is 20.7 Å².